The summed E-state index contributed by atoms with van der Waals surface area (Å²) in [6.45, 7) is 1.96. The van der Waals surface area contributed by atoms with Gasteiger partial charge in [0.15, 0.2) is 0 Å². The van der Waals surface area contributed by atoms with Crippen molar-refractivity contribution in [1.82, 2.24) is 4.90 Å². The molecule has 0 amide bonds. The Morgan fingerprint density at radius 1 is 1.03 bits per heavy atom. The second-order valence-electron chi connectivity index (χ2n) is 8.13. The molecule has 0 spiro atoms. The first kappa shape index (κ1) is 20.3. The van der Waals surface area contributed by atoms with Gasteiger partial charge in [0.2, 0.25) is 0 Å². The molecule has 2 heterocycles. The van der Waals surface area contributed by atoms with E-state index in [9.17, 15) is 9.18 Å². The van der Waals surface area contributed by atoms with Crippen molar-refractivity contribution in [2.24, 2.45) is 5.92 Å². The quantitative estimate of drug-likeness (QED) is 0.428. The average Bonchev–Trinajstić information content (AvgIpc) is 3.18. The molecule has 4 aromatic rings. The lowest BCUT2D eigenvalue weighted by Gasteiger charge is -2.36. The van der Waals surface area contributed by atoms with Gasteiger partial charge in [0, 0.05) is 25.0 Å². The van der Waals surface area contributed by atoms with Crippen molar-refractivity contribution in [3.8, 4) is 17.1 Å². The fraction of sp³-hybridized carbons (Fsp3) is 0.192. The van der Waals surface area contributed by atoms with Crippen molar-refractivity contribution >= 4 is 16.9 Å². The molecule has 0 aliphatic carbocycles. The summed E-state index contributed by atoms with van der Waals surface area (Å²) < 4.78 is 26.5. The van der Waals surface area contributed by atoms with Crippen LogP contribution in [-0.2, 0) is 17.9 Å². The SMILES string of the molecule is O=C(O)C1CN(Cc2ccc(-c3cc4cc(COc5ccccc5)ccc4o3)c(F)c2)C1. The summed E-state index contributed by atoms with van der Waals surface area (Å²) in [6.07, 6.45) is 0. The monoisotopic (exact) mass is 431 g/mol. The van der Waals surface area contributed by atoms with E-state index >= 15 is 0 Å². The predicted octanol–water partition coefficient (Wildman–Crippen LogP) is 5.33. The van der Waals surface area contributed by atoms with E-state index in [1.807, 2.05) is 65.6 Å². The molecule has 162 valence electrons. The number of aliphatic carboxylic acids is 1. The van der Waals surface area contributed by atoms with Crippen LogP contribution in [0.3, 0.4) is 0 Å². The minimum Gasteiger partial charge on any atom is -0.489 e. The molecule has 0 saturated carbocycles. The van der Waals surface area contributed by atoms with Crippen LogP contribution in [0.4, 0.5) is 4.39 Å². The number of carboxylic acid groups (broad SMARTS) is 1. The van der Waals surface area contributed by atoms with E-state index in [-0.39, 0.29) is 11.7 Å². The number of likely N-dealkylation sites (tertiary alicyclic amines) is 1. The third-order valence-electron chi connectivity index (χ3n) is 5.74. The normalized spacial score (nSPS) is 14.4. The van der Waals surface area contributed by atoms with E-state index in [2.05, 4.69) is 0 Å². The van der Waals surface area contributed by atoms with Gasteiger partial charge in [0.25, 0.3) is 0 Å². The molecule has 1 N–H and O–H groups in total. The van der Waals surface area contributed by atoms with Crippen molar-refractivity contribution < 1.29 is 23.4 Å². The number of hydrogen-bond acceptors (Lipinski definition) is 4. The maximum Gasteiger partial charge on any atom is 0.309 e. The molecule has 0 unspecified atom stereocenters. The van der Waals surface area contributed by atoms with E-state index in [0.717, 1.165) is 22.3 Å². The van der Waals surface area contributed by atoms with Gasteiger partial charge in [-0.15, -0.1) is 0 Å². The van der Waals surface area contributed by atoms with Crippen molar-refractivity contribution in [2.75, 3.05) is 13.1 Å². The summed E-state index contributed by atoms with van der Waals surface area (Å²) in [5.41, 5.74) is 2.90. The number of nitrogens with zero attached hydrogens (tertiary/aromatic N) is 1. The second kappa shape index (κ2) is 8.48. The fourth-order valence-electron chi connectivity index (χ4n) is 3.97. The highest BCUT2D eigenvalue weighted by Crippen LogP contribution is 2.31. The van der Waals surface area contributed by atoms with E-state index in [1.54, 1.807) is 6.07 Å². The first-order chi connectivity index (χ1) is 15.5. The third kappa shape index (κ3) is 4.22. The number of hydrogen-bond donors (Lipinski definition) is 1. The number of benzene rings is 3. The van der Waals surface area contributed by atoms with Gasteiger partial charge in [0.1, 0.15) is 29.5 Å². The van der Waals surface area contributed by atoms with Gasteiger partial charge in [-0.1, -0.05) is 30.3 Å². The Bertz CT molecular complexity index is 1260. The lowest BCUT2D eigenvalue weighted by atomic mass is 9.99. The van der Waals surface area contributed by atoms with E-state index in [0.29, 0.717) is 43.1 Å². The molecule has 32 heavy (non-hydrogen) atoms. The Balaban J connectivity index is 1.29. The molecular formula is C26H22FNO4. The minimum atomic E-state index is -0.776. The first-order valence-corrected chi connectivity index (χ1v) is 10.5. The van der Waals surface area contributed by atoms with Gasteiger partial charge in [-0.2, -0.15) is 0 Å². The Labute approximate surface area is 184 Å². The van der Waals surface area contributed by atoms with Gasteiger partial charge in [-0.3, -0.25) is 9.69 Å². The zero-order chi connectivity index (χ0) is 22.1. The topological polar surface area (TPSA) is 62.9 Å². The summed E-state index contributed by atoms with van der Waals surface area (Å²) in [7, 11) is 0. The molecule has 1 saturated heterocycles. The number of furan rings is 1. The molecule has 3 aromatic carbocycles. The van der Waals surface area contributed by atoms with Crippen LogP contribution in [0.25, 0.3) is 22.3 Å². The van der Waals surface area contributed by atoms with Gasteiger partial charge in [-0.25, -0.2) is 4.39 Å². The molecule has 5 nitrogen and oxygen atoms in total. The second-order valence-corrected chi connectivity index (χ2v) is 8.13. The summed E-state index contributed by atoms with van der Waals surface area (Å²) in [6, 6.07) is 22.3. The van der Waals surface area contributed by atoms with Crippen LogP contribution in [0.15, 0.2) is 77.2 Å². The lowest BCUT2D eigenvalue weighted by Crippen LogP contribution is -2.49. The third-order valence-corrected chi connectivity index (χ3v) is 5.74. The molecule has 0 atom stereocenters. The molecule has 0 bridgehead atoms. The number of carboxylic acids is 1. The maximum absolute atomic E-state index is 14.8. The van der Waals surface area contributed by atoms with Gasteiger partial charge in [0.05, 0.1) is 11.5 Å². The van der Waals surface area contributed by atoms with Crippen LogP contribution in [-0.4, -0.2) is 29.1 Å². The zero-order valence-corrected chi connectivity index (χ0v) is 17.3. The average molecular weight is 431 g/mol. The number of fused-ring (bicyclic) bond motifs is 1. The summed E-state index contributed by atoms with van der Waals surface area (Å²) in [4.78, 5) is 12.9. The van der Waals surface area contributed by atoms with Crippen molar-refractivity contribution in [2.45, 2.75) is 13.2 Å². The number of ether oxygens (including phenoxy) is 1. The van der Waals surface area contributed by atoms with E-state index in [4.69, 9.17) is 14.3 Å². The largest absolute Gasteiger partial charge is 0.489 e. The molecule has 6 heteroatoms. The van der Waals surface area contributed by atoms with Crippen LogP contribution in [0.5, 0.6) is 5.75 Å². The summed E-state index contributed by atoms with van der Waals surface area (Å²) in [5.74, 6) is -0.177. The van der Waals surface area contributed by atoms with E-state index in [1.165, 1.54) is 6.07 Å². The number of rotatable bonds is 7. The van der Waals surface area contributed by atoms with Crippen LogP contribution < -0.4 is 4.74 Å². The van der Waals surface area contributed by atoms with Crippen molar-refractivity contribution in [1.29, 1.82) is 0 Å². The van der Waals surface area contributed by atoms with Crippen LogP contribution in [0.1, 0.15) is 11.1 Å². The molecule has 1 fully saturated rings. The summed E-state index contributed by atoms with van der Waals surface area (Å²) >= 11 is 0. The van der Waals surface area contributed by atoms with Gasteiger partial charge >= 0.3 is 5.97 Å². The summed E-state index contributed by atoms with van der Waals surface area (Å²) in [5, 5.41) is 9.87. The first-order valence-electron chi connectivity index (χ1n) is 10.5. The minimum absolute atomic E-state index is 0.322. The number of halogens is 1. The van der Waals surface area contributed by atoms with Crippen LogP contribution in [0.2, 0.25) is 0 Å². The highest BCUT2D eigenvalue weighted by atomic mass is 19.1. The van der Waals surface area contributed by atoms with Crippen LogP contribution in [0, 0.1) is 11.7 Å². The van der Waals surface area contributed by atoms with Crippen molar-refractivity contribution in [3.63, 3.8) is 0 Å². The highest BCUT2D eigenvalue weighted by molar-refractivity contribution is 5.83. The number of para-hydroxylation sites is 1. The Morgan fingerprint density at radius 2 is 1.81 bits per heavy atom. The fourth-order valence-corrected chi connectivity index (χ4v) is 3.97. The molecule has 1 aliphatic heterocycles. The highest BCUT2D eigenvalue weighted by Gasteiger charge is 2.32. The van der Waals surface area contributed by atoms with Gasteiger partial charge < -0.3 is 14.3 Å². The number of carbonyl (C=O) groups is 1. The Hall–Kier alpha value is -3.64. The maximum atomic E-state index is 14.8. The lowest BCUT2D eigenvalue weighted by molar-refractivity contribution is -0.147. The smallest absolute Gasteiger partial charge is 0.309 e. The molecule has 1 aliphatic rings. The predicted molar refractivity (Wildman–Crippen MR) is 119 cm³/mol. The van der Waals surface area contributed by atoms with Crippen molar-refractivity contribution in [3.05, 3.63) is 89.7 Å². The van der Waals surface area contributed by atoms with Crippen LogP contribution >= 0.6 is 0 Å². The molecule has 1 aromatic heterocycles. The zero-order valence-electron chi connectivity index (χ0n) is 17.3. The standard InChI is InChI=1S/C26H22FNO4/c27-23-11-17(13-28-14-20(15-28)26(29)30)6-8-22(23)25-12-19-10-18(7-9-24(19)32-25)16-31-21-4-2-1-3-5-21/h1-12,20H,13-16H2,(H,29,30). The Kier molecular flexibility index (Phi) is 5.37. The molecular weight excluding hydrogens is 409 g/mol. The Morgan fingerprint density at radius 3 is 2.56 bits per heavy atom. The van der Waals surface area contributed by atoms with Gasteiger partial charge in [-0.05, 0) is 53.6 Å². The van der Waals surface area contributed by atoms with E-state index < -0.39 is 5.97 Å². The molecule has 5 rings (SSSR count). The molecule has 0 radical (unpaired) electrons.